The molecule has 0 unspecified atom stereocenters. The lowest BCUT2D eigenvalue weighted by molar-refractivity contribution is 0.584. The number of hydrogen-bond acceptors (Lipinski definition) is 4. The average molecular weight is 301 g/mol. The smallest absolute Gasteiger partial charge is 0.227 e. The summed E-state index contributed by atoms with van der Waals surface area (Å²) in [5, 5.41) is 3.67. The Morgan fingerprint density at radius 3 is 2.67 bits per heavy atom. The van der Waals surface area contributed by atoms with Crippen LogP contribution in [0.4, 0.5) is 16.0 Å². The van der Waals surface area contributed by atoms with Crippen LogP contribution in [0.15, 0.2) is 54.9 Å². The molecule has 0 aliphatic rings. The summed E-state index contributed by atoms with van der Waals surface area (Å²) in [6.07, 6.45) is 3.00. The molecule has 6 heteroatoms. The first kappa shape index (κ1) is 13.5. The Morgan fingerprint density at radius 1 is 1.00 bits per heavy atom. The quantitative estimate of drug-likeness (QED) is 0.741. The van der Waals surface area contributed by atoms with Crippen molar-refractivity contribution in [2.24, 2.45) is 0 Å². The molecule has 1 aromatic carbocycles. The lowest BCUT2D eigenvalue weighted by atomic mass is 10.2. The van der Waals surface area contributed by atoms with E-state index in [1.807, 2.05) is 12.1 Å². The van der Waals surface area contributed by atoms with E-state index in [1.165, 1.54) is 12.3 Å². The van der Waals surface area contributed by atoms with Crippen molar-refractivity contribution in [1.82, 2.24) is 15.0 Å². The van der Waals surface area contributed by atoms with Crippen LogP contribution in [0.25, 0.3) is 11.3 Å². The normalized spacial score (nSPS) is 10.4. The van der Waals surface area contributed by atoms with Crippen LogP contribution >= 0.6 is 11.6 Å². The highest BCUT2D eigenvalue weighted by Gasteiger charge is 2.04. The molecule has 104 valence electrons. The van der Waals surface area contributed by atoms with Crippen LogP contribution < -0.4 is 5.32 Å². The minimum atomic E-state index is -0.546. The van der Waals surface area contributed by atoms with Gasteiger partial charge in [0.2, 0.25) is 11.9 Å². The van der Waals surface area contributed by atoms with Crippen molar-refractivity contribution in [3.8, 4) is 11.3 Å². The largest absolute Gasteiger partial charge is 0.324 e. The fourth-order valence-corrected chi connectivity index (χ4v) is 2.03. The van der Waals surface area contributed by atoms with Gasteiger partial charge < -0.3 is 5.32 Å². The standard InChI is InChI=1S/C15H10ClFN4/c16-11-2-1-3-12(9-11)20-15-19-7-5-13(21-15)10-4-6-18-14(17)8-10/h1-9H,(H,19,20,21). The summed E-state index contributed by atoms with van der Waals surface area (Å²) in [5.74, 6) is -0.137. The number of aromatic nitrogens is 3. The molecule has 0 aliphatic carbocycles. The van der Waals surface area contributed by atoms with Crippen LogP contribution in [-0.2, 0) is 0 Å². The van der Waals surface area contributed by atoms with Crippen LogP contribution in [0.1, 0.15) is 0 Å². The summed E-state index contributed by atoms with van der Waals surface area (Å²) in [6.45, 7) is 0. The molecule has 0 spiro atoms. The zero-order valence-electron chi connectivity index (χ0n) is 10.8. The summed E-state index contributed by atoms with van der Waals surface area (Å²) in [7, 11) is 0. The molecular weight excluding hydrogens is 291 g/mol. The maximum Gasteiger partial charge on any atom is 0.227 e. The highest BCUT2D eigenvalue weighted by Crippen LogP contribution is 2.21. The number of hydrogen-bond donors (Lipinski definition) is 1. The lowest BCUT2D eigenvalue weighted by Crippen LogP contribution is -1.98. The molecule has 0 saturated heterocycles. The van der Waals surface area contributed by atoms with E-state index in [1.54, 1.807) is 30.5 Å². The van der Waals surface area contributed by atoms with Gasteiger partial charge in [-0.15, -0.1) is 0 Å². The minimum absolute atomic E-state index is 0.409. The van der Waals surface area contributed by atoms with Gasteiger partial charge in [0.05, 0.1) is 5.69 Å². The van der Waals surface area contributed by atoms with Gasteiger partial charge in [-0.3, -0.25) is 0 Å². The molecule has 0 saturated carbocycles. The molecule has 2 aromatic heterocycles. The van der Waals surface area contributed by atoms with E-state index in [0.29, 0.717) is 22.2 Å². The van der Waals surface area contributed by atoms with Crippen molar-refractivity contribution >= 4 is 23.2 Å². The molecule has 0 radical (unpaired) electrons. The van der Waals surface area contributed by atoms with Crippen molar-refractivity contribution in [3.05, 3.63) is 65.8 Å². The van der Waals surface area contributed by atoms with Crippen molar-refractivity contribution in [2.75, 3.05) is 5.32 Å². The Balaban J connectivity index is 1.90. The summed E-state index contributed by atoms with van der Waals surface area (Å²) in [4.78, 5) is 12.0. The second-order valence-electron chi connectivity index (χ2n) is 4.27. The third-order valence-corrected chi connectivity index (χ3v) is 2.99. The molecule has 0 bridgehead atoms. The highest BCUT2D eigenvalue weighted by molar-refractivity contribution is 6.30. The fraction of sp³-hybridized carbons (Fsp3) is 0. The third-order valence-electron chi connectivity index (χ3n) is 2.76. The summed E-state index contributed by atoms with van der Waals surface area (Å²) in [6, 6.07) is 12.0. The average Bonchev–Trinajstić information content (AvgIpc) is 2.47. The molecule has 0 fully saturated rings. The lowest BCUT2D eigenvalue weighted by Gasteiger charge is -2.07. The van der Waals surface area contributed by atoms with Gasteiger partial charge in [0.1, 0.15) is 0 Å². The molecule has 1 N–H and O–H groups in total. The van der Waals surface area contributed by atoms with Gasteiger partial charge in [-0.2, -0.15) is 4.39 Å². The van der Waals surface area contributed by atoms with Gasteiger partial charge in [-0.25, -0.2) is 15.0 Å². The van der Waals surface area contributed by atoms with Gasteiger partial charge in [-0.05, 0) is 30.3 Å². The first-order valence-corrected chi connectivity index (χ1v) is 6.56. The highest BCUT2D eigenvalue weighted by atomic mass is 35.5. The monoisotopic (exact) mass is 300 g/mol. The van der Waals surface area contributed by atoms with Crippen LogP contribution in [0, 0.1) is 5.95 Å². The van der Waals surface area contributed by atoms with Gasteiger partial charge in [0, 0.05) is 34.7 Å². The zero-order chi connectivity index (χ0) is 14.7. The Bertz CT molecular complexity index is 779. The van der Waals surface area contributed by atoms with Gasteiger partial charge in [0.25, 0.3) is 0 Å². The number of benzene rings is 1. The maximum absolute atomic E-state index is 13.2. The van der Waals surface area contributed by atoms with E-state index in [-0.39, 0.29) is 0 Å². The van der Waals surface area contributed by atoms with E-state index >= 15 is 0 Å². The number of halogens is 2. The molecule has 3 rings (SSSR count). The van der Waals surface area contributed by atoms with E-state index < -0.39 is 5.95 Å². The Kier molecular flexibility index (Phi) is 3.75. The van der Waals surface area contributed by atoms with E-state index in [9.17, 15) is 4.39 Å². The molecule has 0 amide bonds. The predicted molar refractivity (Wildman–Crippen MR) is 80.0 cm³/mol. The zero-order valence-corrected chi connectivity index (χ0v) is 11.5. The minimum Gasteiger partial charge on any atom is -0.324 e. The summed E-state index contributed by atoms with van der Waals surface area (Å²) in [5.41, 5.74) is 2.02. The first-order chi connectivity index (χ1) is 10.2. The van der Waals surface area contributed by atoms with Crippen LogP contribution in [0.5, 0.6) is 0 Å². The number of nitrogens with zero attached hydrogens (tertiary/aromatic N) is 3. The van der Waals surface area contributed by atoms with E-state index in [4.69, 9.17) is 11.6 Å². The van der Waals surface area contributed by atoms with Crippen molar-refractivity contribution in [1.29, 1.82) is 0 Å². The molecule has 4 nitrogen and oxygen atoms in total. The number of nitrogens with one attached hydrogen (secondary N) is 1. The van der Waals surface area contributed by atoms with Crippen LogP contribution in [0.3, 0.4) is 0 Å². The van der Waals surface area contributed by atoms with Crippen molar-refractivity contribution in [2.45, 2.75) is 0 Å². The van der Waals surface area contributed by atoms with Gasteiger partial charge in [0.15, 0.2) is 0 Å². The molecule has 0 aliphatic heterocycles. The summed E-state index contributed by atoms with van der Waals surface area (Å²) >= 11 is 5.93. The number of rotatable bonds is 3. The van der Waals surface area contributed by atoms with Crippen LogP contribution in [-0.4, -0.2) is 15.0 Å². The SMILES string of the molecule is Fc1cc(-c2ccnc(Nc3cccc(Cl)c3)n2)ccn1. The molecule has 3 aromatic rings. The molecule has 0 atom stereocenters. The third kappa shape index (κ3) is 3.32. The molecule has 21 heavy (non-hydrogen) atoms. The van der Waals surface area contributed by atoms with Crippen molar-refractivity contribution < 1.29 is 4.39 Å². The fourth-order valence-electron chi connectivity index (χ4n) is 1.84. The van der Waals surface area contributed by atoms with Crippen LogP contribution in [0.2, 0.25) is 5.02 Å². The topological polar surface area (TPSA) is 50.7 Å². The Morgan fingerprint density at radius 2 is 1.86 bits per heavy atom. The predicted octanol–water partition coefficient (Wildman–Crippen LogP) is 4.07. The molecular formula is C15H10ClFN4. The summed E-state index contributed by atoms with van der Waals surface area (Å²) < 4.78 is 13.2. The molecule has 2 heterocycles. The second-order valence-corrected chi connectivity index (χ2v) is 4.70. The number of pyridine rings is 1. The van der Waals surface area contributed by atoms with Crippen molar-refractivity contribution in [3.63, 3.8) is 0 Å². The van der Waals surface area contributed by atoms with E-state index in [0.717, 1.165) is 5.69 Å². The Hall–Kier alpha value is -2.53. The van der Waals surface area contributed by atoms with E-state index in [2.05, 4.69) is 20.3 Å². The Labute approximate surface area is 125 Å². The van der Waals surface area contributed by atoms with Gasteiger partial charge in [-0.1, -0.05) is 17.7 Å². The first-order valence-electron chi connectivity index (χ1n) is 6.18. The maximum atomic E-state index is 13.2. The van der Waals surface area contributed by atoms with Gasteiger partial charge >= 0.3 is 0 Å². The second kappa shape index (κ2) is 5.85. The number of anilines is 2.